The second-order valence-electron chi connectivity index (χ2n) is 5.99. The molecule has 0 N–H and O–H groups in total. The van der Waals surface area contributed by atoms with E-state index in [1.165, 1.54) is 12.8 Å². The van der Waals surface area contributed by atoms with Crippen LogP contribution in [0.5, 0.6) is 0 Å². The maximum atomic E-state index is 12.2. The zero-order valence-corrected chi connectivity index (χ0v) is 10.9. The molecule has 1 saturated carbocycles. The summed E-state index contributed by atoms with van der Waals surface area (Å²) in [7, 11) is 0. The first-order chi connectivity index (χ1) is 6.93. The molecule has 0 bridgehead atoms. The van der Waals surface area contributed by atoms with Crippen molar-refractivity contribution < 1.29 is 4.79 Å². The number of carbonyl (C=O) groups excluding carboxylic acids is 1. The van der Waals surface area contributed by atoms with E-state index in [1.54, 1.807) is 0 Å². The molecule has 0 aromatic carbocycles. The molecule has 1 aliphatic carbocycles. The molecule has 0 radical (unpaired) electrons. The van der Waals surface area contributed by atoms with Gasteiger partial charge in [-0.3, -0.25) is 4.79 Å². The fraction of sp³-hybridized carbons (Fsp3) is 0.929. The van der Waals surface area contributed by atoms with Gasteiger partial charge >= 0.3 is 0 Å². The van der Waals surface area contributed by atoms with Gasteiger partial charge in [-0.2, -0.15) is 0 Å². The SMILES string of the molecule is CC1CCC(C(C)C)C(C(=O)C(C)C)C1. The highest BCUT2D eigenvalue weighted by atomic mass is 16.1. The van der Waals surface area contributed by atoms with Crippen LogP contribution in [-0.4, -0.2) is 5.78 Å². The Labute approximate surface area is 94.6 Å². The van der Waals surface area contributed by atoms with Crippen molar-refractivity contribution in [3.63, 3.8) is 0 Å². The Hall–Kier alpha value is -0.330. The largest absolute Gasteiger partial charge is 0.299 e. The quantitative estimate of drug-likeness (QED) is 0.690. The Balaban J connectivity index is 2.74. The first-order valence-electron chi connectivity index (χ1n) is 6.47. The van der Waals surface area contributed by atoms with Crippen molar-refractivity contribution in [2.75, 3.05) is 0 Å². The van der Waals surface area contributed by atoms with Gasteiger partial charge in [0.1, 0.15) is 5.78 Å². The van der Waals surface area contributed by atoms with Crippen molar-refractivity contribution in [1.82, 2.24) is 0 Å². The maximum absolute atomic E-state index is 12.2. The molecule has 3 atom stereocenters. The molecular weight excluding hydrogens is 184 g/mol. The van der Waals surface area contributed by atoms with Crippen LogP contribution in [0.3, 0.4) is 0 Å². The van der Waals surface area contributed by atoms with Crippen molar-refractivity contribution >= 4 is 5.78 Å². The van der Waals surface area contributed by atoms with Gasteiger partial charge in [0.25, 0.3) is 0 Å². The third-order valence-corrected chi connectivity index (χ3v) is 3.96. The topological polar surface area (TPSA) is 17.1 Å². The zero-order valence-electron chi connectivity index (χ0n) is 10.9. The van der Waals surface area contributed by atoms with Gasteiger partial charge in [-0.15, -0.1) is 0 Å². The molecule has 0 saturated heterocycles. The first-order valence-corrected chi connectivity index (χ1v) is 6.47. The lowest BCUT2D eigenvalue weighted by atomic mass is 9.67. The van der Waals surface area contributed by atoms with Gasteiger partial charge in [0.15, 0.2) is 0 Å². The molecular formula is C14H26O. The molecule has 1 nitrogen and oxygen atoms in total. The van der Waals surface area contributed by atoms with E-state index in [-0.39, 0.29) is 5.92 Å². The molecule has 1 fully saturated rings. The molecule has 1 heteroatoms. The molecule has 1 rings (SSSR count). The van der Waals surface area contributed by atoms with Crippen LogP contribution in [0, 0.1) is 29.6 Å². The zero-order chi connectivity index (χ0) is 11.6. The van der Waals surface area contributed by atoms with Crippen LogP contribution in [0.2, 0.25) is 0 Å². The molecule has 15 heavy (non-hydrogen) atoms. The van der Waals surface area contributed by atoms with Crippen LogP contribution in [-0.2, 0) is 4.79 Å². The van der Waals surface area contributed by atoms with Crippen LogP contribution in [0.1, 0.15) is 53.9 Å². The Morgan fingerprint density at radius 3 is 2.20 bits per heavy atom. The molecule has 88 valence electrons. The molecule has 1 aliphatic rings. The summed E-state index contributed by atoms with van der Waals surface area (Å²) >= 11 is 0. The number of carbonyl (C=O) groups is 1. The van der Waals surface area contributed by atoms with Crippen LogP contribution < -0.4 is 0 Å². The minimum absolute atomic E-state index is 0.210. The third-order valence-electron chi connectivity index (χ3n) is 3.96. The number of hydrogen-bond acceptors (Lipinski definition) is 1. The lowest BCUT2D eigenvalue weighted by molar-refractivity contribution is -0.130. The normalized spacial score (nSPS) is 32.3. The highest BCUT2D eigenvalue weighted by Crippen LogP contribution is 2.39. The van der Waals surface area contributed by atoms with Crippen LogP contribution >= 0.6 is 0 Å². The predicted octanol–water partition coefficient (Wildman–Crippen LogP) is 3.92. The second kappa shape index (κ2) is 5.14. The molecule has 0 spiro atoms. The summed E-state index contributed by atoms with van der Waals surface area (Å²) in [4.78, 5) is 12.2. The van der Waals surface area contributed by atoms with E-state index in [9.17, 15) is 4.79 Å². The van der Waals surface area contributed by atoms with E-state index >= 15 is 0 Å². The summed E-state index contributed by atoms with van der Waals surface area (Å²) in [6.45, 7) is 10.9. The minimum Gasteiger partial charge on any atom is -0.299 e. The second-order valence-corrected chi connectivity index (χ2v) is 5.99. The average molecular weight is 210 g/mol. The Bertz CT molecular complexity index is 217. The Morgan fingerprint density at radius 1 is 1.13 bits per heavy atom. The fourth-order valence-electron chi connectivity index (χ4n) is 2.96. The van der Waals surface area contributed by atoms with E-state index in [4.69, 9.17) is 0 Å². The Kier molecular flexibility index (Phi) is 4.36. The summed E-state index contributed by atoms with van der Waals surface area (Å²) in [5.74, 6) is 3.09. The van der Waals surface area contributed by atoms with Crippen molar-refractivity contribution in [3.05, 3.63) is 0 Å². The fourth-order valence-corrected chi connectivity index (χ4v) is 2.96. The molecule has 0 heterocycles. The molecule has 0 aromatic rings. The van der Waals surface area contributed by atoms with E-state index in [0.717, 1.165) is 12.3 Å². The van der Waals surface area contributed by atoms with E-state index in [0.29, 0.717) is 23.5 Å². The van der Waals surface area contributed by atoms with Crippen molar-refractivity contribution in [1.29, 1.82) is 0 Å². The Morgan fingerprint density at radius 2 is 1.73 bits per heavy atom. The van der Waals surface area contributed by atoms with Crippen LogP contribution in [0.4, 0.5) is 0 Å². The standard InChI is InChI=1S/C14H26O/c1-9(2)12-7-6-11(5)8-13(12)14(15)10(3)4/h9-13H,6-8H2,1-5H3. The molecule has 0 aromatic heterocycles. The van der Waals surface area contributed by atoms with Crippen molar-refractivity contribution in [2.24, 2.45) is 29.6 Å². The summed E-state index contributed by atoms with van der Waals surface area (Å²) in [6.07, 6.45) is 3.69. The van der Waals surface area contributed by atoms with Gasteiger partial charge in [-0.25, -0.2) is 0 Å². The number of ketones is 1. The maximum Gasteiger partial charge on any atom is 0.138 e. The van der Waals surface area contributed by atoms with Crippen LogP contribution in [0.15, 0.2) is 0 Å². The lowest BCUT2D eigenvalue weighted by Crippen LogP contribution is -2.35. The van der Waals surface area contributed by atoms with Crippen LogP contribution in [0.25, 0.3) is 0 Å². The molecule has 0 aliphatic heterocycles. The first kappa shape index (κ1) is 12.7. The summed E-state index contributed by atoms with van der Waals surface area (Å²) in [5.41, 5.74) is 0. The summed E-state index contributed by atoms with van der Waals surface area (Å²) in [5, 5.41) is 0. The highest BCUT2D eigenvalue weighted by Gasteiger charge is 2.35. The number of Topliss-reactive ketones (excluding diaryl/α,β-unsaturated/α-hetero) is 1. The lowest BCUT2D eigenvalue weighted by Gasteiger charge is -2.37. The van der Waals surface area contributed by atoms with E-state index < -0.39 is 0 Å². The number of hydrogen-bond donors (Lipinski definition) is 0. The minimum atomic E-state index is 0.210. The van der Waals surface area contributed by atoms with Gasteiger partial charge in [-0.05, 0) is 30.6 Å². The van der Waals surface area contributed by atoms with Gasteiger partial charge in [0.2, 0.25) is 0 Å². The van der Waals surface area contributed by atoms with Gasteiger partial charge in [0, 0.05) is 11.8 Å². The summed E-state index contributed by atoms with van der Waals surface area (Å²) in [6, 6.07) is 0. The van der Waals surface area contributed by atoms with E-state index in [2.05, 4.69) is 20.8 Å². The van der Waals surface area contributed by atoms with E-state index in [1.807, 2.05) is 13.8 Å². The molecule has 0 amide bonds. The predicted molar refractivity (Wildman–Crippen MR) is 64.7 cm³/mol. The van der Waals surface area contributed by atoms with Gasteiger partial charge < -0.3 is 0 Å². The molecule has 3 unspecified atom stereocenters. The smallest absolute Gasteiger partial charge is 0.138 e. The number of rotatable bonds is 3. The average Bonchev–Trinajstić information content (AvgIpc) is 2.15. The van der Waals surface area contributed by atoms with Crippen molar-refractivity contribution in [2.45, 2.75) is 53.9 Å². The third kappa shape index (κ3) is 3.06. The monoisotopic (exact) mass is 210 g/mol. The summed E-state index contributed by atoms with van der Waals surface area (Å²) < 4.78 is 0. The van der Waals surface area contributed by atoms with Gasteiger partial charge in [-0.1, -0.05) is 41.0 Å². The van der Waals surface area contributed by atoms with Gasteiger partial charge in [0.05, 0.1) is 0 Å². The highest BCUT2D eigenvalue weighted by molar-refractivity contribution is 5.83. The van der Waals surface area contributed by atoms with Crippen molar-refractivity contribution in [3.8, 4) is 0 Å².